The lowest BCUT2D eigenvalue weighted by molar-refractivity contribution is -0.349. The Bertz CT molecular complexity index is 333. The zero-order valence-electron chi connectivity index (χ0n) is 10.7. The molecule has 0 bridgehead atoms. The molecule has 0 radical (unpaired) electrons. The fourth-order valence-electron chi connectivity index (χ4n) is 3.38. The second-order valence-electron chi connectivity index (χ2n) is 5.72. The lowest BCUT2D eigenvalue weighted by atomic mass is 9.55. The van der Waals surface area contributed by atoms with E-state index in [9.17, 15) is 26.3 Å². The molecule has 2 fully saturated rings. The van der Waals surface area contributed by atoms with Crippen LogP contribution in [-0.4, -0.2) is 30.6 Å². The van der Waals surface area contributed by atoms with Gasteiger partial charge >= 0.3 is 12.4 Å². The molecule has 0 aromatic heterocycles. The van der Waals surface area contributed by atoms with Crippen molar-refractivity contribution >= 4 is 0 Å². The Labute approximate surface area is 112 Å². The minimum absolute atomic E-state index is 0.0582. The van der Waals surface area contributed by atoms with Gasteiger partial charge in [0.05, 0.1) is 6.10 Å². The van der Waals surface area contributed by atoms with Crippen molar-refractivity contribution in [1.82, 2.24) is 0 Å². The average molecular weight is 305 g/mol. The quantitative estimate of drug-likeness (QED) is 0.792. The summed E-state index contributed by atoms with van der Waals surface area (Å²) >= 11 is 0. The van der Waals surface area contributed by atoms with E-state index in [1.165, 1.54) is 0 Å². The first-order valence-corrected chi connectivity index (χ1v) is 6.62. The number of nitrogens with two attached hydrogens (primary N) is 1. The first-order chi connectivity index (χ1) is 9.07. The van der Waals surface area contributed by atoms with E-state index in [-0.39, 0.29) is 12.5 Å². The predicted molar refractivity (Wildman–Crippen MR) is 58.9 cm³/mol. The minimum atomic E-state index is -5.45. The summed E-state index contributed by atoms with van der Waals surface area (Å²) in [6.45, 7) is 0. The molecule has 2 aliphatic rings. The first kappa shape index (κ1) is 15.9. The Morgan fingerprint density at radius 3 is 1.85 bits per heavy atom. The largest absolute Gasteiger partial charge is 0.423 e. The molecule has 118 valence electrons. The molecule has 0 aromatic carbocycles. The van der Waals surface area contributed by atoms with Crippen LogP contribution in [0.3, 0.4) is 0 Å². The zero-order valence-corrected chi connectivity index (χ0v) is 10.7. The van der Waals surface area contributed by atoms with Gasteiger partial charge in [-0.1, -0.05) is 19.3 Å². The SMILES string of the molecule is NC1CC(OC(C(F)(F)F)C(F)(F)F)C12CCCCC2. The average Bonchev–Trinajstić information content (AvgIpc) is 2.32. The van der Waals surface area contributed by atoms with Gasteiger partial charge in [-0.05, 0) is 19.3 Å². The highest BCUT2D eigenvalue weighted by atomic mass is 19.4. The highest BCUT2D eigenvalue weighted by Crippen LogP contribution is 2.54. The number of hydrogen-bond donors (Lipinski definition) is 1. The molecular weight excluding hydrogens is 288 g/mol. The molecule has 2 N–H and O–H groups in total. The molecule has 0 heterocycles. The fraction of sp³-hybridized carbons (Fsp3) is 1.00. The van der Waals surface area contributed by atoms with Gasteiger partial charge in [0.1, 0.15) is 0 Å². The highest BCUT2D eigenvalue weighted by Gasteiger charge is 2.63. The Hall–Kier alpha value is -0.500. The Balaban J connectivity index is 2.11. The smallest absolute Gasteiger partial charge is 0.357 e. The van der Waals surface area contributed by atoms with Gasteiger partial charge in [0, 0.05) is 11.5 Å². The van der Waals surface area contributed by atoms with E-state index in [4.69, 9.17) is 5.73 Å². The third-order valence-corrected chi connectivity index (χ3v) is 4.53. The molecule has 2 unspecified atom stereocenters. The van der Waals surface area contributed by atoms with E-state index < -0.39 is 30.0 Å². The number of ether oxygens (including phenoxy) is 1. The van der Waals surface area contributed by atoms with Gasteiger partial charge in [-0.2, -0.15) is 26.3 Å². The third kappa shape index (κ3) is 2.77. The van der Waals surface area contributed by atoms with Crippen molar-refractivity contribution in [2.45, 2.75) is 69.1 Å². The van der Waals surface area contributed by atoms with E-state index in [1.807, 2.05) is 0 Å². The van der Waals surface area contributed by atoms with Crippen LogP contribution in [0.5, 0.6) is 0 Å². The molecule has 2 saturated carbocycles. The summed E-state index contributed by atoms with van der Waals surface area (Å²) in [5, 5.41) is 0. The monoisotopic (exact) mass is 305 g/mol. The maximum absolute atomic E-state index is 12.5. The van der Waals surface area contributed by atoms with Crippen LogP contribution in [-0.2, 0) is 4.74 Å². The van der Waals surface area contributed by atoms with Crippen molar-refractivity contribution in [3.05, 3.63) is 0 Å². The van der Waals surface area contributed by atoms with Crippen LogP contribution < -0.4 is 5.73 Å². The summed E-state index contributed by atoms with van der Waals surface area (Å²) in [6, 6.07) is -0.366. The van der Waals surface area contributed by atoms with Crippen LogP contribution in [0.4, 0.5) is 26.3 Å². The number of halogens is 6. The van der Waals surface area contributed by atoms with Gasteiger partial charge in [0.25, 0.3) is 0 Å². The molecule has 2 aliphatic carbocycles. The molecule has 0 saturated heterocycles. The molecule has 1 spiro atoms. The first-order valence-electron chi connectivity index (χ1n) is 6.62. The Morgan fingerprint density at radius 1 is 0.950 bits per heavy atom. The van der Waals surface area contributed by atoms with Crippen LogP contribution >= 0.6 is 0 Å². The van der Waals surface area contributed by atoms with E-state index in [1.54, 1.807) is 0 Å². The summed E-state index contributed by atoms with van der Waals surface area (Å²) in [7, 11) is 0. The summed E-state index contributed by atoms with van der Waals surface area (Å²) in [5.41, 5.74) is 5.13. The minimum Gasteiger partial charge on any atom is -0.357 e. The van der Waals surface area contributed by atoms with Crippen molar-refractivity contribution in [2.75, 3.05) is 0 Å². The van der Waals surface area contributed by atoms with Crippen molar-refractivity contribution < 1.29 is 31.1 Å². The molecule has 20 heavy (non-hydrogen) atoms. The zero-order chi connectivity index (χ0) is 15.2. The lowest BCUT2D eigenvalue weighted by Gasteiger charge is -2.57. The second kappa shape index (κ2) is 5.05. The molecule has 0 aliphatic heterocycles. The Morgan fingerprint density at radius 2 is 1.45 bits per heavy atom. The van der Waals surface area contributed by atoms with E-state index in [0.717, 1.165) is 19.3 Å². The van der Waals surface area contributed by atoms with Gasteiger partial charge in [-0.3, -0.25) is 0 Å². The van der Waals surface area contributed by atoms with E-state index >= 15 is 0 Å². The maximum Gasteiger partial charge on any atom is 0.423 e. The molecular formula is C12H17F6NO. The normalized spacial score (nSPS) is 30.6. The predicted octanol–water partition coefficient (Wildman–Crippen LogP) is 3.55. The van der Waals surface area contributed by atoms with Crippen molar-refractivity contribution in [3.63, 3.8) is 0 Å². The van der Waals surface area contributed by atoms with Crippen LogP contribution in [0, 0.1) is 5.41 Å². The van der Waals surface area contributed by atoms with Gasteiger partial charge in [-0.25, -0.2) is 0 Å². The molecule has 0 aromatic rings. The van der Waals surface area contributed by atoms with E-state index in [0.29, 0.717) is 12.8 Å². The standard InChI is InChI=1S/C12H17F6NO/c13-11(14,15)9(12(16,17)18)20-8-6-7(19)10(8)4-2-1-3-5-10/h7-9H,1-6,19H2. The van der Waals surface area contributed by atoms with Gasteiger partial charge in [-0.15, -0.1) is 0 Å². The highest BCUT2D eigenvalue weighted by molar-refractivity contribution is 5.08. The second-order valence-corrected chi connectivity index (χ2v) is 5.72. The van der Waals surface area contributed by atoms with Crippen LogP contribution in [0.2, 0.25) is 0 Å². The van der Waals surface area contributed by atoms with Gasteiger partial charge < -0.3 is 10.5 Å². The molecule has 8 heteroatoms. The number of alkyl halides is 6. The van der Waals surface area contributed by atoms with Crippen LogP contribution in [0.1, 0.15) is 38.5 Å². The molecule has 2 atom stereocenters. The summed E-state index contributed by atoms with van der Waals surface area (Å²) in [6.07, 6.45) is -12.0. The summed E-state index contributed by atoms with van der Waals surface area (Å²) in [4.78, 5) is 0. The van der Waals surface area contributed by atoms with Crippen LogP contribution in [0.15, 0.2) is 0 Å². The number of rotatable bonds is 2. The van der Waals surface area contributed by atoms with Gasteiger partial charge in [0.2, 0.25) is 6.10 Å². The fourth-order valence-corrected chi connectivity index (χ4v) is 3.38. The van der Waals surface area contributed by atoms with Crippen molar-refractivity contribution in [1.29, 1.82) is 0 Å². The lowest BCUT2D eigenvalue weighted by Crippen LogP contribution is -2.65. The molecule has 2 rings (SSSR count). The molecule has 0 amide bonds. The maximum atomic E-state index is 12.5. The topological polar surface area (TPSA) is 35.2 Å². The molecule has 2 nitrogen and oxygen atoms in total. The summed E-state index contributed by atoms with van der Waals surface area (Å²) in [5.74, 6) is 0. The van der Waals surface area contributed by atoms with E-state index in [2.05, 4.69) is 4.74 Å². The van der Waals surface area contributed by atoms with Gasteiger partial charge in [0.15, 0.2) is 0 Å². The third-order valence-electron chi connectivity index (χ3n) is 4.53. The van der Waals surface area contributed by atoms with Crippen molar-refractivity contribution in [3.8, 4) is 0 Å². The van der Waals surface area contributed by atoms with Crippen LogP contribution in [0.25, 0.3) is 0 Å². The summed E-state index contributed by atoms with van der Waals surface area (Å²) < 4.78 is 79.5. The Kier molecular flexibility index (Phi) is 4.01. The number of hydrogen-bond acceptors (Lipinski definition) is 2. The van der Waals surface area contributed by atoms with Crippen molar-refractivity contribution in [2.24, 2.45) is 11.1 Å².